The van der Waals surface area contributed by atoms with Crippen molar-refractivity contribution in [2.24, 2.45) is 23.7 Å². The van der Waals surface area contributed by atoms with Gasteiger partial charge in [0.1, 0.15) is 12.7 Å². The number of rotatable bonds is 3. The third-order valence-electron chi connectivity index (χ3n) is 8.10. The maximum atomic E-state index is 12.6. The van der Waals surface area contributed by atoms with E-state index in [2.05, 4.69) is 0 Å². The van der Waals surface area contributed by atoms with Gasteiger partial charge in [-0.25, -0.2) is 14.6 Å². The van der Waals surface area contributed by atoms with Gasteiger partial charge in [-0.15, -0.1) is 0 Å². The molecule has 10 nitrogen and oxygen atoms in total. The van der Waals surface area contributed by atoms with Crippen molar-refractivity contribution in [1.82, 2.24) is 0 Å². The number of hydrogen-bond donors (Lipinski definition) is 0. The van der Waals surface area contributed by atoms with E-state index in [1.807, 2.05) is 19.9 Å². The van der Waals surface area contributed by atoms with E-state index in [1.54, 1.807) is 19.1 Å². The monoisotopic (exact) mass is 476 g/mol. The Hall–Kier alpha value is -2.56. The molecule has 4 saturated heterocycles. The molecule has 1 aliphatic carbocycles. The molecule has 1 aromatic carbocycles. The second kappa shape index (κ2) is 7.73. The fraction of sp³-hybridized carbons (Fsp3) is 0.667. The summed E-state index contributed by atoms with van der Waals surface area (Å²) in [5, 5.41) is 0. The normalized spacial score (nSPS) is 41.8. The Kier molecular flexibility index (Phi) is 4.98. The van der Waals surface area contributed by atoms with Crippen molar-refractivity contribution in [3.05, 3.63) is 23.8 Å². The molecule has 1 aromatic rings. The van der Waals surface area contributed by atoms with Crippen molar-refractivity contribution in [3.8, 4) is 11.5 Å². The lowest BCUT2D eigenvalue weighted by Gasteiger charge is -2.58. The molecule has 0 amide bonds. The van der Waals surface area contributed by atoms with E-state index in [9.17, 15) is 9.59 Å². The van der Waals surface area contributed by atoms with Crippen LogP contribution in [0.5, 0.6) is 11.5 Å². The topological polar surface area (TPSA) is 108 Å². The van der Waals surface area contributed by atoms with Gasteiger partial charge in [-0.1, -0.05) is 19.9 Å². The summed E-state index contributed by atoms with van der Waals surface area (Å²) >= 11 is 0. The van der Waals surface area contributed by atoms with Gasteiger partial charge < -0.3 is 28.4 Å². The first-order chi connectivity index (χ1) is 16.3. The van der Waals surface area contributed by atoms with E-state index in [0.717, 1.165) is 12.0 Å². The molecule has 6 aliphatic rings. The van der Waals surface area contributed by atoms with Gasteiger partial charge in [-0.3, -0.25) is 4.79 Å². The van der Waals surface area contributed by atoms with E-state index in [4.69, 9.17) is 38.2 Å². The highest BCUT2D eigenvalue weighted by molar-refractivity contribution is 5.74. The van der Waals surface area contributed by atoms with Gasteiger partial charge in [0.15, 0.2) is 17.1 Å². The van der Waals surface area contributed by atoms with Gasteiger partial charge in [-0.05, 0) is 43.4 Å². The molecule has 5 fully saturated rings. The minimum Gasteiger partial charge on any atom is -0.454 e. The maximum Gasteiger partial charge on any atom is 0.508 e. The van der Waals surface area contributed by atoms with Crippen molar-refractivity contribution >= 4 is 12.1 Å². The average molecular weight is 476 g/mol. The summed E-state index contributed by atoms with van der Waals surface area (Å²) in [6.45, 7) is 5.83. The minimum atomic E-state index is -0.988. The molecule has 0 radical (unpaired) electrons. The van der Waals surface area contributed by atoms with E-state index in [1.165, 1.54) is 0 Å². The third kappa shape index (κ3) is 3.26. The molecule has 0 aromatic heterocycles. The van der Waals surface area contributed by atoms with Crippen LogP contribution in [0.2, 0.25) is 0 Å². The second-order valence-electron chi connectivity index (χ2n) is 10.1. The van der Waals surface area contributed by atoms with Gasteiger partial charge in [0.05, 0.1) is 5.92 Å². The van der Waals surface area contributed by atoms with Gasteiger partial charge in [-0.2, -0.15) is 0 Å². The first-order valence-corrected chi connectivity index (χ1v) is 11.8. The number of carbonyl (C=O) groups excluding carboxylic acids is 2. The Morgan fingerprint density at radius 3 is 2.82 bits per heavy atom. The van der Waals surface area contributed by atoms with Crippen molar-refractivity contribution < 1.29 is 47.8 Å². The largest absolute Gasteiger partial charge is 0.508 e. The van der Waals surface area contributed by atoms with Crippen LogP contribution in [0.15, 0.2) is 18.2 Å². The molecule has 184 valence electrons. The Bertz CT molecular complexity index is 1010. The molecule has 5 heterocycles. The van der Waals surface area contributed by atoms with Crippen molar-refractivity contribution in [3.63, 3.8) is 0 Å². The first kappa shape index (κ1) is 21.9. The summed E-state index contributed by atoms with van der Waals surface area (Å²) in [4.78, 5) is 37.0. The molecule has 1 unspecified atom stereocenters. The van der Waals surface area contributed by atoms with Crippen LogP contribution in [-0.2, 0) is 40.1 Å². The summed E-state index contributed by atoms with van der Waals surface area (Å²) in [5.74, 6) is -0.996. The van der Waals surface area contributed by atoms with Crippen LogP contribution in [0.4, 0.5) is 4.79 Å². The Morgan fingerprint density at radius 2 is 1.97 bits per heavy atom. The zero-order valence-electron chi connectivity index (χ0n) is 19.3. The molecule has 0 N–H and O–H groups in total. The SMILES string of the molecule is C[C@@H]1[C@@H](OC(=O)OCc2ccc3c(c2)OCO3)C[C@H]2[C@@H](C)C(=O)O[C@@H]3OC4(C)CC[C@@H]1[C@]32OO4. The number of carbonyl (C=O) groups is 2. The summed E-state index contributed by atoms with van der Waals surface area (Å²) in [6, 6.07) is 5.36. The van der Waals surface area contributed by atoms with Crippen LogP contribution in [-0.4, -0.2) is 42.7 Å². The summed E-state index contributed by atoms with van der Waals surface area (Å²) in [5.41, 5.74) is -0.168. The van der Waals surface area contributed by atoms with Gasteiger partial charge in [0.2, 0.25) is 18.9 Å². The van der Waals surface area contributed by atoms with Crippen LogP contribution < -0.4 is 9.47 Å². The molecule has 10 heteroatoms. The van der Waals surface area contributed by atoms with Crippen LogP contribution in [0, 0.1) is 23.7 Å². The summed E-state index contributed by atoms with van der Waals surface area (Å²) in [7, 11) is 0. The molecule has 34 heavy (non-hydrogen) atoms. The van der Waals surface area contributed by atoms with Gasteiger partial charge in [0, 0.05) is 18.3 Å². The number of hydrogen-bond acceptors (Lipinski definition) is 10. The van der Waals surface area contributed by atoms with E-state index in [-0.39, 0.29) is 37.1 Å². The van der Waals surface area contributed by atoms with Crippen LogP contribution in [0.1, 0.15) is 45.6 Å². The highest BCUT2D eigenvalue weighted by Crippen LogP contribution is 2.60. The standard InChI is InChI=1S/C24H28O10/c1-12-15-6-7-23(3)32-21-24(15,34-33-23)16(13(2)20(25)31-21)9-18(12)30-22(26)27-10-14-4-5-17-19(8-14)29-11-28-17/h4-5,8,12-13,15-16,18,21H,6-7,9-11H2,1-3H3/t12-,13+,15-,16-,18-,21+,23?,24+/m0/s1. The van der Waals surface area contributed by atoms with Crippen molar-refractivity contribution in [1.29, 1.82) is 0 Å². The molecule has 1 spiro atoms. The highest BCUT2D eigenvalue weighted by Gasteiger charge is 2.71. The molecule has 1 saturated carbocycles. The van der Waals surface area contributed by atoms with E-state index < -0.39 is 35.9 Å². The lowest BCUT2D eigenvalue weighted by atomic mass is 9.57. The van der Waals surface area contributed by atoms with Crippen molar-refractivity contribution in [2.45, 2.75) is 70.4 Å². The van der Waals surface area contributed by atoms with Crippen LogP contribution in [0.3, 0.4) is 0 Å². The molecular weight excluding hydrogens is 448 g/mol. The molecule has 7 rings (SSSR count). The smallest absolute Gasteiger partial charge is 0.454 e. The van der Waals surface area contributed by atoms with E-state index >= 15 is 0 Å². The minimum absolute atomic E-state index is 0.0430. The number of esters is 1. The molecule has 8 atom stereocenters. The predicted octanol–water partition coefficient (Wildman–Crippen LogP) is 3.46. The van der Waals surface area contributed by atoms with Crippen LogP contribution in [0.25, 0.3) is 0 Å². The predicted molar refractivity (Wildman–Crippen MR) is 111 cm³/mol. The molecule has 5 aliphatic heterocycles. The van der Waals surface area contributed by atoms with Crippen LogP contribution >= 0.6 is 0 Å². The van der Waals surface area contributed by atoms with Gasteiger partial charge in [0.25, 0.3) is 0 Å². The second-order valence-corrected chi connectivity index (χ2v) is 10.1. The molecular formula is C24H28O10. The number of benzene rings is 1. The number of fused-ring (bicyclic) bond motifs is 3. The Labute approximate surface area is 196 Å². The summed E-state index contributed by atoms with van der Waals surface area (Å²) < 4.78 is 33.6. The summed E-state index contributed by atoms with van der Waals surface area (Å²) in [6.07, 6.45) is -0.360. The zero-order valence-corrected chi connectivity index (χ0v) is 19.3. The fourth-order valence-electron chi connectivity index (χ4n) is 6.19. The van der Waals surface area contributed by atoms with Crippen molar-refractivity contribution in [2.75, 3.05) is 6.79 Å². The fourth-order valence-corrected chi connectivity index (χ4v) is 6.19. The molecule has 2 bridgehead atoms. The Morgan fingerprint density at radius 1 is 1.15 bits per heavy atom. The zero-order chi connectivity index (χ0) is 23.7. The lowest BCUT2D eigenvalue weighted by Crippen LogP contribution is -2.71. The third-order valence-corrected chi connectivity index (χ3v) is 8.10. The average Bonchev–Trinajstić information content (AvgIpc) is 3.17. The maximum absolute atomic E-state index is 12.6. The Balaban J connectivity index is 1.18. The quantitative estimate of drug-likeness (QED) is 0.475. The highest BCUT2D eigenvalue weighted by atomic mass is 17.3. The first-order valence-electron chi connectivity index (χ1n) is 11.8. The van der Waals surface area contributed by atoms with Gasteiger partial charge >= 0.3 is 12.1 Å². The van der Waals surface area contributed by atoms with E-state index in [0.29, 0.717) is 24.3 Å². The lowest BCUT2D eigenvalue weighted by molar-refractivity contribution is -0.560. The number of ether oxygens (including phenoxy) is 6.